The summed E-state index contributed by atoms with van der Waals surface area (Å²) in [4.78, 5) is 29.4. The predicted molar refractivity (Wildman–Crippen MR) is 110 cm³/mol. The van der Waals surface area contributed by atoms with E-state index in [1.165, 1.54) is 0 Å². The molecule has 1 spiro atoms. The van der Waals surface area contributed by atoms with Gasteiger partial charge in [0.05, 0.1) is 18.0 Å². The number of carbonyl (C=O) groups is 2. The van der Waals surface area contributed by atoms with Crippen molar-refractivity contribution in [1.82, 2.24) is 9.80 Å². The fraction of sp³-hybridized carbons (Fsp3) is 0.619. The summed E-state index contributed by atoms with van der Waals surface area (Å²) in [6.45, 7) is 3.24. The number of nitrogens with one attached hydrogen (secondary N) is 2. The Morgan fingerprint density at radius 1 is 1.10 bits per heavy atom. The Balaban J connectivity index is 1.39. The molecule has 0 bridgehead atoms. The number of nitrogens with zero attached hydrogens (tertiary/aromatic N) is 2. The van der Waals surface area contributed by atoms with Crippen LogP contribution in [-0.2, 0) is 14.3 Å². The van der Waals surface area contributed by atoms with Gasteiger partial charge in [0.25, 0.3) is 5.91 Å². The molecule has 3 aliphatic heterocycles. The van der Waals surface area contributed by atoms with Crippen LogP contribution < -0.4 is 10.6 Å². The van der Waals surface area contributed by atoms with E-state index in [1.54, 1.807) is 12.0 Å². The molecule has 3 aliphatic rings. The van der Waals surface area contributed by atoms with Gasteiger partial charge in [0.15, 0.2) is 5.60 Å². The molecule has 3 N–H and O–H groups in total. The summed E-state index contributed by atoms with van der Waals surface area (Å²) in [5.74, 6) is -0.211. The maximum absolute atomic E-state index is 12.8. The molecule has 0 saturated carbocycles. The first kappa shape index (κ1) is 20.1. The van der Waals surface area contributed by atoms with E-state index in [0.29, 0.717) is 58.6 Å². The van der Waals surface area contributed by atoms with Crippen molar-refractivity contribution in [2.75, 3.05) is 57.1 Å². The van der Waals surface area contributed by atoms with Crippen molar-refractivity contribution in [1.29, 1.82) is 0 Å². The van der Waals surface area contributed by atoms with Crippen LogP contribution in [0.3, 0.4) is 0 Å². The molecule has 8 heteroatoms. The number of fused-ring (bicyclic) bond motifs is 1. The van der Waals surface area contributed by atoms with Crippen LogP contribution in [0.25, 0.3) is 0 Å². The number of ether oxygens (including phenoxy) is 1. The van der Waals surface area contributed by atoms with Crippen molar-refractivity contribution in [2.45, 2.75) is 36.8 Å². The van der Waals surface area contributed by atoms with Gasteiger partial charge in [0.1, 0.15) is 5.54 Å². The van der Waals surface area contributed by atoms with Gasteiger partial charge in [-0.2, -0.15) is 0 Å². The minimum atomic E-state index is -1.36. The number of likely N-dealkylation sites (tertiary alicyclic amines) is 2. The SMILES string of the molecule is COCCN1CCCC(O)(CN2CCC3(CC2)Nc2ccccc2NC3=O)C1=O. The van der Waals surface area contributed by atoms with E-state index in [0.717, 1.165) is 17.8 Å². The van der Waals surface area contributed by atoms with Gasteiger partial charge in [-0.3, -0.25) is 14.5 Å². The number of amides is 2. The minimum Gasteiger partial charge on any atom is -0.383 e. The number of piperidine rings is 2. The molecule has 3 heterocycles. The number of anilines is 2. The quantitative estimate of drug-likeness (QED) is 0.677. The molecule has 0 aromatic heterocycles. The average molecular weight is 402 g/mol. The molecule has 158 valence electrons. The first-order valence-corrected chi connectivity index (χ1v) is 10.4. The standard InChI is InChI=1S/C21H30N4O4/c1-29-14-13-25-10-4-7-21(28,19(25)27)15-24-11-8-20(9-12-24)18(26)22-16-5-2-3-6-17(16)23-20/h2-3,5-6,23,28H,4,7-15H2,1H3,(H,22,26). The normalized spacial score (nSPS) is 26.8. The van der Waals surface area contributed by atoms with Crippen LogP contribution in [0.15, 0.2) is 24.3 Å². The fourth-order valence-electron chi connectivity index (χ4n) is 4.70. The van der Waals surface area contributed by atoms with Crippen molar-refractivity contribution < 1.29 is 19.4 Å². The summed E-state index contributed by atoms with van der Waals surface area (Å²) in [5.41, 5.74) is -0.237. The van der Waals surface area contributed by atoms with Gasteiger partial charge in [0, 0.05) is 39.8 Å². The van der Waals surface area contributed by atoms with Gasteiger partial charge >= 0.3 is 0 Å². The van der Waals surface area contributed by atoms with Crippen LogP contribution in [-0.4, -0.2) is 84.3 Å². The van der Waals surface area contributed by atoms with E-state index in [4.69, 9.17) is 4.74 Å². The van der Waals surface area contributed by atoms with E-state index in [2.05, 4.69) is 15.5 Å². The maximum atomic E-state index is 12.8. The van der Waals surface area contributed by atoms with Gasteiger partial charge < -0.3 is 25.4 Å². The lowest BCUT2D eigenvalue weighted by molar-refractivity contribution is -0.160. The van der Waals surface area contributed by atoms with E-state index >= 15 is 0 Å². The molecule has 29 heavy (non-hydrogen) atoms. The first-order valence-electron chi connectivity index (χ1n) is 10.4. The van der Waals surface area contributed by atoms with Crippen LogP contribution >= 0.6 is 0 Å². The Hall–Kier alpha value is -2.16. The second-order valence-electron chi connectivity index (χ2n) is 8.40. The van der Waals surface area contributed by atoms with Gasteiger partial charge in [-0.15, -0.1) is 0 Å². The number of carbonyl (C=O) groups excluding carboxylic acids is 2. The molecule has 1 unspecified atom stereocenters. The summed E-state index contributed by atoms with van der Waals surface area (Å²) >= 11 is 0. The topological polar surface area (TPSA) is 94.1 Å². The van der Waals surface area contributed by atoms with E-state index in [9.17, 15) is 14.7 Å². The Labute approximate surface area is 171 Å². The van der Waals surface area contributed by atoms with Crippen molar-refractivity contribution in [3.8, 4) is 0 Å². The lowest BCUT2D eigenvalue weighted by Gasteiger charge is -2.46. The molecule has 2 amide bonds. The molecule has 0 aliphatic carbocycles. The van der Waals surface area contributed by atoms with Crippen LogP contribution in [0, 0.1) is 0 Å². The molecular formula is C21H30N4O4. The minimum absolute atomic E-state index is 0.00551. The Bertz CT molecular complexity index is 778. The predicted octanol–water partition coefficient (Wildman–Crippen LogP) is 0.885. The van der Waals surface area contributed by atoms with Crippen molar-refractivity contribution in [3.63, 3.8) is 0 Å². The van der Waals surface area contributed by atoms with E-state index in [1.807, 2.05) is 24.3 Å². The van der Waals surface area contributed by atoms with Crippen LogP contribution in [0.1, 0.15) is 25.7 Å². The summed E-state index contributed by atoms with van der Waals surface area (Å²) in [7, 11) is 1.61. The number of para-hydroxylation sites is 2. The Morgan fingerprint density at radius 2 is 1.83 bits per heavy atom. The number of β-amino-alcohol motifs (C(OH)–C–C–N with tert-alkyl or cyclic N) is 1. The second-order valence-corrected chi connectivity index (χ2v) is 8.40. The zero-order chi connectivity index (χ0) is 20.5. The monoisotopic (exact) mass is 402 g/mol. The summed E-state index contributed by atoms with van der Waals surface area (Å²) in [5, 5.41) is 17.5. The first-order chi connectivity index (χ1) is 14.0. The van der Waals surface area contributed by atoms with Crippen LogP contribution in [0.4, 0.5) is 11.4 Å². The molecule has 1 atom stereocenters. The number of rotatable bonds is 5. The summed E-state index contributed by atoms with van der Waals surface area (Å²) < 4.78 is 5.08. The summed E-state index contributed by atoms with van der Waals surface area (Å²) in [6.07, 6.45) is 2.52. The third kappa shape index (κ3) is 3.84. The lowest BCUT2D eigenvalue weighted by Crippen LogP contribution is -2.62. The molecule has 0 radical (unpaired) electrons. The lowest BCUT2D eigenvalue weighted by atomic mass is 9.83. The van der Waals surface area contributed by atoms with E-state index < -0.39 is 11.1 Å². The Morgan fingerprint density at radius 3 is 2.55 bits per heavy atom. The highest BCUT2D eigenvalue weighted by Gasteiger charge is 2.47. The highest BCUT2D eigenvalue weighted by Crippen LogP contribution is 2.37. The smallest absolute Gasteiger partial charge is 0.255 e. The van der Waals surface area contributed by atoms with Crippen LogP contribution in [0.2, 0.25) is 0 Å². The number of benzene rings is 1. The number of methoxy groups -OCH3 is 1. The Kier molecular flexibility index (Phi) is 5.50. The molecular weight excluding hydrogens is 372 g/mol. The van der Waals surface area contributed by atoms with Crippen molar-refractivity contribution >= 4 is 23.2 Å². The number of aliphatic hydroxyl groups is 1. The zero-order valence-corrected chi connectivity index (χ0v) is 16.9. The van der Waals surface area contributed by atoms with Gasteiger partial charge in [-0.25, -0.2) is 0 Å². The average Bonchev–Trinajstić information content (AvgIpc) is 2.72. The molecule has 2 saturated heterocycles. The van der Waals surface area contributed by atoms with Gasteiger partial charge in [0.2, 0.25) is 5.91 Å². The highest BCUT2D eigenvalue weighted by molar-refractivity contribution is 6.06. The molecule has 1 aromatic carbocycles. The molecule has 8 nitrogen and oxygen atoms in total. The maximum Gasteiger partial charge on any atom is 0.255 e. The van der Waals surface area contributed by atoms with E-state index in [-0.39, 0.29) is 11.8 Å². The third-order valence-electron chi connectivity index (χ3n) is 6.45. The summed E-state index contributed by atoms with van der Waals surface area (Å²) in [6, 6.07) is 7.72. The third-order valence-corrected chi connectivity index (χ3v) is 6.45. The number of hydrogen-bond donors (Lipinski definition) is 3. The number of hydrogen-bond acceptors (Lipinski definition) is 6. The fourth-order valence-corrected chi connectivity index (χ4v) is 4.70. The van der Waals surface area contributed by atoms with Gasteiger partial charge in [-0.1, -0.05) is 12.1 Å². The van der Waals surface area contributed by atoms with Crippen LogP contribution in [0.5, 0.6) is 0 Å². The molecule has 1 aromatic rings. The highest BCUT2D eigenvalue weighted by atomic mass is 16.5. The second kappa shape index (κ2) is 7.93. The van der Waals surface area contributed by atoms with Gasteiger partial charge in [-0.05, 0) is 37.8 Å². The zero-order valence-electron chi connectivity index (χ0n) is 16.9. The molecule has 4 rings (SSSR count). The largest absolute Gasteiger partial charge is 0.383 e. The van der Waals surface area contributed by atoms with Crippen molar-refractivity contribution in [3.05, 3.63) is 24.3 Å². The molecule has 2 fully saturated rings. The van der Waals surface area contributed by atoms with Crippen molar-refractivity contribution in [2.24, 2.45) is 0 Å².